The number of piperazine rings is 1. The Morgan fingerprint density at radius 3 is 2.54 bits per heavy atom. The lowest BCUT2D eigenvalue weighted by Gasteiger charge is -2.37. The van der Waals surface area contributed by atoms with Crippen molar-refractivity contribution in [3.63, 3.8) is 0 Å². The Labute approximate surface area is 151 Å². The van der Waals surface area contributed by atoms with Gasteiger partial charge in [-0.2, -0.15) is 0 Å². The molecule has 6 nitrogen and oxygen atoms in total. The largest absolute Gasteiger partial charge is 0.343 e. The Kier molecular flexibility index (Phi) is 6.15. The van der Waals surface area contributed by atoms with E-state index < -0.39 is 0 Å². The van der Waals surface area contributed by atoms with Crippen LogP contribution in [0.3, 0.4) is 0 Å². The molecule has 1 aromatic rings. The summed E-state index contributed by atoms with van der Waals surface area (Å²) in [5.74, 6) is -0.0552. The molecule has 1 heterocycles. The highest BCUT2D eigenvalue weighted by molar-refractivity contribution is 9.15. The predicted molar refractivity (Wildman–Crippen MR) is 98.2 cm³/mol. The standard InChI is InChI=1S/C17H23BrN4O2/c1-20-8-9-21(2)17(24)16(20)13-6-4-12(5-7-13)14(18)11-22(3)15(23)10-19/h4-7,11,16H,8-10,19H2,1-3H3/t16-/m1/s1. The molecular weight excluding hydrogens is 372 g/mol. The van der Waals surface area contributed by atoms with Gasteiger partial charge in [-0.3, -0.25) is 14.5 Å². The van der Waals surface area contributed by atoms with Crippen molar-refractivity contribution in [1.29, 1.82) is 0 Å². The van der Waals surface area contributed by atoms with Crippen LogP contribution in [0.15, 0.2) is 30.5 Å². The second-order valence-corrected chi connectivity index (χ2v) is 6.81. The van der Waals surface area contributed by atoms with Crippen LogP contribution in [-0.4, -0.2) is 67.3 Å². The summed E-state index contributed by atoms with van der Waals surface area (Å²) in [6.45, 7) is 1.57. The van der Waals surface area contributed by atoms with Crippen molar-refractivity contribution in [1.82, 2.24) is 14.7 Å². The minimum absolute atomic E-state index is 0.0319. The Hall–Kier alpha value is -1.70. The summed E-state index contributed by atoms with van der Waals surface area (Å²) in [7, 11) is 5.46. The van der Waals surface area contributed by atoms with Crippen molar-refractivity contribution in [2.75, 3.05) is 40.8 Å². The van der Waals surface area contributed by atoms with Crippen LogP contribution in [0.2, 0.25) is 0 Å². The van der Waals surface area contributed by atoms with Crippen molar-refractivity contribution in [2.24, 2.45) is 5.73 Å². The van der Waals surface area contributed by atoms with Crippen LogP contribution in [0.4, 0.5) is 0 Å². The van der Waals surface area contributed by atoms with Crippen molar-refractivity contribution in [3.8, 4) is 0 Å². The van der Waals surface area contributed by atoms with Crippen LogP contribution in [0.25, 0.3) is 4.48 Å². The summed E-state index contributed by atoms with van der Waals surface area (Å²) in [6, 6.07) is 7.53. The number of halogens is 1. The average molecular weight is 395 g/mol. The first-order chi connectivity index (χ1) is 11.3. The van der Waals surface area contributed by atoms with Gasteiger partial charge in [0.2, 0.25) is 11.8 Å². The second kappa shape index (κ2) is 7.92. The summed E-state index contributed by atoms with van der Waals surface area (Å²) in [4.78, 5) is 29.2. The predicted octanol–water partition coefficient (Wildman–Crippen LogP) is 1.24. The molecule has 24 heavy (non-hydrogen) atoms. The SMILES string of the molecule is CN(C=C(Br)c1ccc([C@@H]2C(=O)N(C)CCN2C)cc1)C(=O)CN. The number of carbonyl (C=O) groups excluding carboxylic acids is 2. The minimum Gasteiger partial charge on any atom is -0.343 e. The quantitative estimate of drug-likeness (QED) is 0.833. The first-order valence-electron chi connectivity index (χ1n) is 7.73. The molecule has 2 amide bonds. The van der Waals surface area contributed by atoms with Crippen LogP contribution in [0.1, 0.15) is 17.2 Å². The minimum atomic E-state index is -0.248. The first-order valence-corrected chi connectivity index (χ1v) is 8.53. The highest BCUT2D eigenvalue weighted by atomic mass is 79.9. The van der Waals surface area contributed by atoms with E-state index in [0.29, 0.717) is 0 Å². The normalized spacial score (nSPS) is 19.5. The number of hydrogen-bond acceptors (Lipinski definition) is 4. The first kappa shape index (κ1) is 18.6. The average Bonchev–Trinajstić information content (AvgIpc) is 2.58. The smallest absolute Gasteiger partial charge is 0.244 e. The molecule has 0 spiro atoms. The Morgan fingerprint density at radius 1 is 1.33 bits per heavy atom. The van der Waals surface area contributed by atoms with Gasteiger partial charge in [0, 0.05) is 37.9 Å². The van der Waals surface area contributed by atoms with Gasteiger partial charge in [-0.1, -0.05) is 24.3 Å². The molecule has 7 heteroatoms. The summed E-state index contributed by atoms with van der Waals surface area (Å²) in [5.41, 5.74) is 7.24. The van der Waals surface area contributed by atoms with Crippen LogP contribution >= 0.6 is 15.9 Å². The van der Waals surface area contributed by atoms with Gasteiger partial charge in [0.05, 0.1) is 6.54 Å². The fourth-order valence-corrected chi connectivity index (χ4v) is 3.20. The highest BCUT2D eigenvalue weighted by Gasteiger charge is 2.31. The third-order valence-electron chi connectivity index (χ3n) is 4.22. The zero-order chi connectivity index (χ0) is 17.9. The van der Waals surface area contributed by atoms with Crippen LogP contribution in [-0.2, 0) is 9.59 Å². The number of likely N-dealkylation sites (N-methyl/N-ethyl adjacent to an activating group) is 3. The molecule has 1 saturated heterocycles. The molecule has 0 aromatic heterocycles. The molecule has 1 atom stereocenters. The third-order valence-corrected chi connectivity index (χ3v) is 4.88. The summed E-state index contributed by atoms with van der Waals surface area (Å²) in [6.07, 6.45) is 1.69. The monoisotopic (exact) mass is 394 g/mol. The third kappa shape index (κ3) is 4.03. The van der Waals surface area contributed by atoms with Gasteiger partial charge in [0.15, 0.2) is 0 Å². The van der Waals surface area contributed by atoms with E-state index >= 15 is 0 Å². The number of nitrogens with two attached hydrogens (primary N) is 1. The van der Waals surface area contributed by atoms with Crippen LogP contribution < -0.4 is 5.73 Å². The van der Waals surface area contributed by atoms with Crippen molar-refractivity contribution in [2.45, 2.75) is 6.04 Å². The Bertz CT molecular complexity index is 644. The molecule has 0 bridgehead atoms. The number of rotatable bonds is 4. The molecule has 0 aliphatic carbocycles. The molecule has 1 aliphatic heterocycles. The Balaban J connectivity index is 2.20. The molecule has 0 saturated carbocycles. The zero-order valence-electron chi connectivity index (χ0n) is 14.2. The van der Waals surface area contributed by atoms with Crippen molar-refractivity contribution < 1.29 is 9.59 Å². The maximum absolute atomic E-state index is 12.4. The van der Waals surface area contributed by atoms with Crippen molar-refractivity contribution >= 4 is 32.2 Å². The van der Waals surface area contributed by atoms with Gasteiger partial charge in [-0.05, 0) is 34.1 Å². The van der Waals surface area contributed by atoms with E-state index in [9.17, 15) is 9.59 Å². The van der Waals surface area contributed by atoms with Gasteiger partial charge in [-0.15, -0.1) is 0 Å². The molecule has 2 rings (SSSR count). The molecular formula is C17H23BrN4O2. The number of amides is 2. The summed E-state index contributed by atoms with van der Waals surface area (Å²) >= 11 is 3.48. The van der Waals surface area contributed by atoms with E-state index in [1.54, 1.807) is 18.1 Å². The number of carbonyl (C=O) groups is 2. The zero-order valence-corrected chi connectivity index (χ0v) is 15.8. The molecule has 1 aromatic carbocycles. The molecule has 130 valence electrons. The van der Waals surface area contributed by atoms with E-state index in [-0.39, 0.29) is 24.4 Å². The fourth-order valence-electron chi connectivity index (χ4n) is 2.63. The maximum Gasteiger partial charge on any atom is 0.244 e. The molecule has 1 fully saturated rings. The summed E-state index contributed by atoms with van der Waals surface area (Å²) < 4.78 is 0.777. The van der Waals surface area contributed by atoms with E-state index in [0.717, 1.165) is 28.7 Å². The fraction of sp³-hybridized carbons (Fsp3) is 0.412. The van der Waals surface area contributed by atoms with Gasteiger partial charge >= 0.3 is 0 Å². The molecule has 0 radical (unpaired) electrons. The van der Waals surface area contributed by atoms with Gasteiger partial charge in [0.25, 0.3) is 0 Å². The number of nitrogens with zero attached hydrogens (tertiary/aromatic N) is 3. The highest BCUT2D eigenvalue weighted by Crippen LogP contribution is 2.28. The van der Waals surface area contributed by atoms with E-state index in [4.69, 9.17) is 5.73 Å². The second-order valence-electron chi connectivity index (χ2n) is 5.95. The molecule has 1 aliphatic rings. The van der Waals surface area contributed by atoms with Gasteiger partial charge < -0.3 is 15.5 Å². The molecule has 2 N–H and O–H groups in total. The molecule has 0 unspecified atom stereocenters. The Morgan fingerprint density at radius 2 is 1.96 bits per heavy atom. The van der Waals surface area contributed by atoms with E-state index in [1.165, 1.54) is 4.90 Å². The van der Waals surface area contributed by atoms with E-state index in [2.05, 4.69) is 20.8 Å². The lowest BCUT2D eigenvalue weighted by molar-refractivity contribution is -0.139. The van der Waals surface area contributed by atoms with Crippen LogP contribution in [0.5, 0.6) is 0 Å². The lowest BCUT2D eigenvalue weighted by atomic mass is 10.0. The number of benzene rings is 1. The van der Waals surface area contributed by atoms with Gasteiger partial charge in [-0.25, -0.2) is 0 Å². The van der Waals surface area contributed by atoms with Crippen LogP contribution in [0, 0.1) is 0 Å². The topological polar surface area (TPSA) is 69.9 Å². The lowest BCUT2D eigenvalue weighted by Crippen LogP contribution is -2.48. The maximum atomic E-state index is 12.4. The van der Waals surface area contributed by atoms with Crippen molar-refractivity contribution in [3.05, 3.63) is 41.6 Å². The summed E-state index contributed by atoms with van der Waals surface area (Å²) in [5, 5.41) is 0. The van der Waals surface area contributed by atoms with Gasteiger partial charge in [0.1, 0.15) is 6.04 Å². The number of hydrogen-bond donors (Lipinski definition) is 1. The van der Waals surface area contributed by atoms with E-state index in [1.807, 2.05) is 38.4 Å².